The highest BCUT2D eigenvalue weighted by molar-refractivity contribution is 5.56. The van der Waals surface area contributed by atoms with Gasteiger partial charge in [-0.3, -0.25) is 13.8 Å². The number of aromatic nitrogens is 11. The molecule has 27 heteroatoms. The second kappa shape index (κ2) is 28.8. The molecule has 14 rings (SSSR count). The Hall–Kier alpha value is -10.1. The summed E-state index contributed by atoms with van der Waals surface area (Å²) in [5.74, 6) is -4.96. The standard InChI is InChI=1S/C72H77F4N15O8/c1-4-50(2)87-48-79-90(69(87)92)59-14-10-55(11-15-59)82-32-36-84(37-33-82)57-18-22-61(23-19-57)94-42-63-44-96-71(98-63,65-26-8-52(73)40-67(65)75)46-86-31-28-54(81-86)7-5-6-51(3)88-49-80-91(70(88)93)60-16-12-56(13-17-60)83-34-38-85(39-35-83)58-20-24-62(25-21-58)95-43-64-45-97-72(99-64,47-89-77-29-30-78-89)66-27-9-53(74)41-68(66)76/h8-31,40-41,48-51,63-64H,4-7,32-39,42-47H2,1-3H3. The van der Waals surface area contributed by atoms with Crippen LogP contribution in [0.2, 0.25) is 0 Å². The van der Waals surface area contributed by atoms with E-state index >= 15 is 8.78 Å². The lowest BCUT2D eigenvalue weighted by molar-refractivity contribution is -0.194. The Labute approximate surface area is 568 Å². The minimum atomic E-state index is -1.62. The number of halogens is 4. The SMILES string of the molecule is CCC(C)n1cnn(-c2ccc(N3CCN(c4ccc(OCC5COC(Cn6ccc(CCCC(C)n7cnn(-c8ccc(N9CCN(c%10ccc(OCC%11COC(Cn%12nccn%12)(c%12ccc(F)cc%12F)O%11)cc%10)CC9)cc8)c7=O)n6)(c6ccc(F)cc6F)O5)cc4)CC3)cc2)c1=O. The summed E-state index contributed by atoms with van der Waals surface area (Å²) in [6.07, 6.45) is 9.64. The van der Waals surface area contributed by atoms with E-state index in [0.717, 1.165) is 111 Å². The lowest BCUT2D eigenvalue weighted by atomic mass is 10.0. The molecule has 0 N–H and O–H groups in total. The van der Waals surface area contributed by atoms with E-state index in [-0.39, 0.29) is 74.1 Å². The third kappa shape index (κ3) is 14.4. The van der Waals surface area contributed by atoms with Crippen LogP contribution < -0.4 is 40.5 Å². The Morgan fingerprint density at radius 3 is 1.36 bits per heavy atom. The fourth-order valence-corrected chi connectivity index (χ4v) is 13.3. The molecule has 4 aliphatic heterocycles. The van der Waals surface area contributed by atoms with E-state index in [4.69, 9.17) is 33.5 Å². The summed E-state index contributed by atoms with van der Waals surface area (Å²) in [4.78, 5) is 37.4. The van der Waals surface area contributed by atoms with Crippen LogP contribution in [0.5, 0.6) is 11.5 Å². The van der Waals surface area contributed by atoms with Gasteiger partial charge in [0.25, 0.3) is 0 Å². The molecule has 0 amide bonds. The summed E-state index contributed by atoms with van der Waals surface area (Å²) < 4.78 is 104. The molecule has 4 aromatic heterocycles. The maximum absolute atomic E-state index is 15.7. The molecule has 6 unspecified atom stereocenters. The highest BCUT2D eigenvalue weighted by Crippen LogP contribution is 2.40. The molecule has 0 radical (unpaired) electrons. The number of rotatable bonds is 25. The van der Waals surface area contributed by atoms with Crippen LogP contribution in [0, 0.1) is 23.3 Å². The highest BCUT2D eigenvalue weighted by atomic mass is 19.1. The van der Waals surface area contributed by atoms with Gasteiger partial charge >= 0.3 is 11.4 Å². The molecule has 99 heavy (non-hydrogen) atoms. The Morgan fingerprint density at radius 2 is 0.929 bits per heavy atom. The average molecular weight is 1360 g/mol. The van der Waals surface area contributed by atoms with Crippen molar-refractivity contribution in [3.63, 3.8) is 0 Å². The molecule has 0 saturated carbocycles. The molecule has 4 aliphatic rings. The van der Waals surface area contributed by atoms with Gasteiger partial charge in [-0.1, -0.05) is 6.92 Å². The third-order valence-corrected chi connectivity index (χ3v) is 19.0. The van der Waals surface area contributed by atoms with E-state index in [9.17, 15) is 18.4 Å². The second-order valence-corrected chi connectivity index (χ2v) is 25.5. The van der Waals surface area contributed by atoms with Crippen molar-refractivity contribution in [2.24, 2.45) is 0 Å². The number of nitrogens with zero attached hydrogens (tertiary/aromatic N) is 15. The van der Waals surface area contributed by atoms with E-state index in [0.29, 0.717) is 36.4 Å². The number of piperazine rings is 2. The first-order valence-electron chi connectivity index (χ1n) is 33.5. The van der Waals surface area contributed by atoms with Crippen LogP contribution in [0.25, 0.3) is 11.4 Å². The average Bonchev–Trinajstić information content (AvgIpc) is 1.68. The zero-order valence-electron chi connectivity index (χ0n) is 55.2. The number of hydrogen-bond acceptors (Lipinski definition) is 17. The molecule has 0 aliphatic carbocycles. The monoisotopic (exact) mass is 1360 g/mol. The Morgan fingerprint density at radius 1 is 0.515 bits per heavy atom. The van der Waals surface area contributed by atoms with Crippen LogP contribution in [0.1, 0.15) is 68.9 Å². The summed E-state index contributed by atoms with van der Waals surface area (Å²) in [5, 5.41) is 21.9. The summed E-state index contributed by atoms with van der Waals surface area (Å²) in [6.45, 7) is 12.8. The van der Waals surface area contributed by atoms with Gasteiger partial charge in [0, 0.05) is 117 Å². The predicted molar refractivity (Wildman–Crippen MR) is 361 cm³/mol. The van der Waals surface area contributed by atoms with Crippen molar-refractivity contribution in [3.05, 3.63) is 232 Å². The fraction of sp³-hybridized carbons (Fsp3) is 0.375. The summed E-state index contributed by atoms with van der Waals surface area (Å²) in [7, 11) is 0. The van der Waals surface area contributed by atoms with Gasteiger partial charge in [-0.25, -0.2) is 27.2 Å². The molecule has 8 heterocycles. The van der Waals surface area contributed by atoms with Crippen molar-refractivity contribution in [1.29, 1.82) is 0 Å². The first-order chi connectivity index (χ1) is 48.1. The number of benzene rings is 6. The largest absolute Gasteiger partial charge is 0.491 e. The van der Waals surface area contributed by atoms with Gasteiger partial charge in [0.2, 0.25) is 11.6 Å². The number of anilines is 4. The Bertz CT molecular complexity index is 4480. The molecule has 6 atom stereocenters. The van der Waals surface area contributed by atoms with Gasteiger partial charge in [-0.15, -0.1) is 0 Å². The quantitative estimate of drug-likeness (QED) is 0.0490. The highest BCUT2D eigenvalue weighted by Gasteiger charge is 2.48. The first kappa shape index (κ1) is 66.2. The van der Waals surface area contributed by atoms with Crippen LogP contribution in [-0.2, 0) is 50.0 Å². The summed E-state index contributed by atoms with van der Waals surface area (Å²) in [6, 6.07) is 40.0. The lowest BCUT2D eigenvalue weighted by Crippen LogP contribution is -2.46. The van der Waals surface area contributed by atoms with Crippen LogP contribution in [0.15, 0.2) is 180 Å². The first-order valence-corrected chi connectivity index (χ1v) is 33.5. The molecule has 10 aromatic rings. The lowest BCUT2D eigenvalue weighted by Gasteiger charge is -2.37. The Balaban J connectivity index is 0.520. The molecule has 23 nitrogen and oxygen atoms in total. The molecular formula is C72H77F4N15O8. The molecule has 0 bridgehead atoms. The summed E-state index contributed by atoms with van der Waals surface area (Å²) >= 11 is 0. The van der Waals surface area contributed by atoms with Crippen LogP contribution in [0.3, 0.4) is 0 Å². The van der Waals surface area contributed by atoms with Crippen LogP contribution in [0.4, 0.5) is 40.3 Å². The van der Waals surface area contributed by atoms with Gasteiger partial charge in [0.05, 0.1) is 49.2 Å². The van der Waals surface area contributed by atoms with Crippen molar-refractivity contribution < 1.29 is 46.0 Å². The zero-order chi connectivity index (χ0) is 68.2. The third-order valence-electron chi connectivity index (χ3n) is 19.0. The van der Waals surface area contributed by atoms with E-state index in [2.05, 4.69) is 40.0 Å². The molecule has 4 fully saturated rings. The number of hydrogen-bond donors (Lipinski definition) is 0. The predicted octanol–water partition coefficient (Wildman–Crippen LogP) is 9.63. The van der Waals surface area contributed by atoms with Gasteiger partial charge in [-0.05, 0) is 167 Å². The number of ether oxygens (including phenoxy) is 6. The normalized spacial score (nSPS) is 20.2. The molecular weight excluding hydrogens is 1280 g/mol. The van der Waals surface area contributed by atoms with Crippen LogP contribution in [-0.4, -0.2) is 144 Å². The van der Waals surface area contributed by atoms with Gasteiger partial charge in [0.1, 0.15) is 79.4 Å². The van der Waals surface area contributed by atoms with E-state index in [1.54, 1.807) is 32.7 Å². The molecule has 6 aromatic carbocycles. The summed E-state index contributed by atoms with van der Waals surface area (Å²) in [5.41, 5.74) is 6.12. The Kier molecular flexibility index (Phi) is 19.2. The topological polar surface area (TPSA) is 197 Å². The smallest absolute Gasteiger partial charge is 0.350 e. The van der Waals surface area contributed by atoms with Crippen molar-refractivity contribution in [1.82, 2.24) is 53.5 Å². The van der Waals surface area contributed by atoms with Crippen molar-refractivity contribution in [3.8, 4) is 22.9 Å². The van der Waals surface area contributed by atoms with Crippen LogP contribution >= 0.6 is 0 Å². The molecule has 4 saturated heterocycles. The van der Waals surface area contributed by atoms with E-state index in [1.165, 1.54) is 44.8 Å². The zero-order valence-corrected chi connectivity index (χ0v) is 55.2. The van der Waals surface area contributed by atoms with Gasteiger partial charge in [-0.2, -0.15) is 39.7 Å². The van der Waals surface area contributed by atoms with E-state index in [1.807, 2.05) is 124 Å². The minimum Gasteiger partial charge on any atom is -0.491 e. The van der Waals surface area contributed by atoms with Gasteiger partial charge < -0.3 is 48.0 Å². The minimum absolute atomic E-state index is 0.0110. The number of aryl methyl sites for hydroxylation is 1. The molecule has 516 valence electrons. The van der Waals surface area contributed by atoms with E-state index < -0.39 is 47.1 Å². The maximum atomic E-state index is 15.7. The second-order valence-electron chi connectivity index (χ2n) is 25.5. The van der Waals surface area contributed by atoms with Crippen molar-refractivity contribution in [2.75, 3.05) is 98.4 Å². The maximum Gasteiger partial charge on any atom is 0.350 e. The van der Waals surface area contributed by atoms with Crippen molar-refractivity contribution in [2.45, 2.75) is 95.4 Å². The molecule has 0 spiro atoms. The van der Waals surface area contributed by atoms with Gasteiger partial charge in [0.15, 0.2) is 0 Å². The van der Waals surface area contributed by atoms with Crippen molar-refractivity contribution >= 4 is 22.7 Å². The fourth-order valence-electron chi connectivity index (χ4n) is 13.3.